The third-order valence-corrected chi connectivity index (χ3v) is 4.48. The Morgan fingerprint density at radius 2 is 1.85 bits per heavy atom. The van der Waals surface area contributed by atoms with E-state index in [9.17, 15) is 19.5 Å². The van der Waals surface area contributed by atoms with Crippen LogP contribution in [0.25, 0.3) is 10.9 Å². The van der Waals surface area contributed by atoms with Crippen molar-refractivity contribution >= 4 is 45.4 Å². The van der Waals surface area contributed by atoms with E-state index in [-0.39, 0.29) is 16.9 Å². The van der Waals surface area contributed by atoms with Crippen molar-refractivity contribution in [1.82, 2.24) is 4.57 Å². The van der Waals surface area contributed by atoms with E-state index in [1.165, 1.54) is 6.20 Å². The van der Waals surface area contributed by atoms with Gasteiger partial charge < -0.3 is 14.4 Å². The molecule has 1 heterocycles. The van der Waals surface area contributed by atoms with Gasteiger partial charge in [-0.3, -0.25) is 4.79 Å². The number of rotatable bonds is 4. The van der Waals surface area contributed by atoms with Gasteiger partial charge >= 0.3 is 11.9 Å². The molecule has 0 amide bonds. The number of carbonyl (C=O) groups is 2. The van der Waals surface area contributed by atoms with Crippen molar-refractivity contribution in [2.45, 2.75) is 46.3 Å². The van der Waals surface area contributed by atoms with E-state index >= 15 is 0 Å². The highest BCUT2D eigenvalue weighted by Gasteiger charge is 2.31. The number of carboxylic acids is 1. The van der Waals surface area contributed by atoms with Crippen molar-refractivity contribution in [3.8, 4) is 0 Å². The molecule has 0 spiro atoms. The fourth-order valence-corrected chi connectivity index (χ4v) is 3.27. The van der Waals surface area contributed by atoms with Crippen LogP contribution in [0.15, 0.2) is 29.2 Å². The predicted molar refractivity (Wildman–Crippen MR) is 108 cm³/mol. The number of pyridine rings is 1. The number of halogens is 1. The summed E-state index contributed by atoms with van der Waals surface area (Å²) in [5.74, 6) is -1.96. The van der Waals surface area contributed by atoms with Crippen molar-refractivity contribution < 1.29 is 19.4 Å². The molecule has 1 aromatic heterocycles. The molecule has 0 aliphatic heterocycles. The van der Waals surface area contributed by atoms with Crippen LogP contribution in [0, 0.1) is 9.49 Å². The Labute approximate surface area is 165 Å². The van der Waals surface area contributed by atoms with Crippen LogP contribution in [0.2, 0.25) is 0 Å². The molecule has 0 radical (unpaired) electrons. The lowest BCUT2D eigenvalue weighted by atomic mass is 10.0. The average Bonchev–Trinajstić information content (AvgIpc) is 2.47. The summed E-state index contributed by atoms with van der Waals surface area (Å²) in [6.45, 7) is 9.03. The molecule has 26 heavy (non-hydrogen) atoms. The first kappa shape index (κ1) is 20.4. The predicted octanol–water partition coefficient (Wildman–Crippen LogP) is 3.84. The van der Waals surface area contributed by atoms with E-state index in [0.717, 1.165) is 3.57 Å². The fraction of sp³-hybridized carbons (Fsp3) is 0.421. The molecular formula is C19H22INO5. The maximum atomic E-state index is 12.8. The van der Waals surface area contributed by atoms with Gasteiger partial charge in [0.05, 0.1) is 5.52 Å². The maximum absolute atomic E-state index is 12.8. The first-order valence-electron chi connectivity index (χ1n) is 8.23. The van der Waals surface area contributed by atoms with E-state index in [1.807, 2.05) is 19.9 Å². The molecule has 0 bridgehead atoms. The zero-order chi connectivity index (χ0) is 19.8. The molecule has 2 aromatic rings. The van der Waals surface area contributed by atoms with Crippen LogP contribution >= 0.6 is 22.6 Å². The van der Waals surface area contributed by atoms with E-state index in [1.54, 1.807) is 37.5 Å². The highest BCUT2D eigenvalue weighted by molar-refractivity contribution is 14.1. The van der Waals surface area contributed by atoms with Crippen LogP contribution < -0.4 is 5.43 Å². The van der Waals surface area contributed by atoms with Gasteiger partial charge in [-0.05, 0) is 67.5 Å². The van der Waals surface area contributed by atoms with E-state index < -0.39 is 29.0 Å². The highest BCUT2D eigenvalue weighted by atomic mass is 127. The number of esters is 1. The van der Waals surface area contributed by atoms with Crippen LogP contribution in [-0.4, -0.2) is 27.2 Å². The Kier molecular flexibility index (Phi) is 5.79. The first-order chi connectivity index (χ1) is 11.9. The molecule has 0 saturated carbocycles. The summed E-state index contributed by atoms with van der Waals surface area (Å²) in [5, 5.41) is 9.70. The van der Waals surface area contributed by atoms with Crippen LogP contribution in [-0.2, 0) is 9.53 Å². The van der Waals surface area contributed by atoms with Crippen molar-refractivity contribution in [1.29, 1.82) is 0 Å². The van der Waals surface area contributed by atoms with Crippen LogP contribution in [0.1, 0.15) is 51.0 Å². The minimum atomic E-state index is -1.32. The summed E-state index contributed by atoms with van der Waals surface area (Å²) in [6.07, 6.45) is 1.24. The van der Waals surface area contributed by atoms with E-state index in [4.69, 9.17) is 4.74 Å². The first-order valence-corrected chi connectivity index (χ1v) is 9.31. The van der Waals surface area contributed by atoms with Crippen molar-refractivity contribution in [3.05, 3.63) is 43.8 Å². The summed E-state index contributed by atoms with van der Waals surface area (Å²) < 4.78 is 7.89. The lowest BCUT2D eigenvalue weighted by Crippen LogP contribution is -2.34. The van der Waals surface area contributed by atoms with Crippen LogP contribution in [0.3, 0.4) is 0 Å². The minimum absolute atomic E-state index is 0.170. The second kappa shape index (κ2) is 7.38. The van der Waals surface area contributed by atoms with Gasteiger partial charge in [0.25, 0.3) is 0 Å². The monoisotopic (exact) mass is 471 g/mol. The normalized spacial score (nSPS) is 13.0. The average molecular weight is 471 g/mol. The number of benzene rings is 1. The van der Waals surface area contributed by atoms with Gasteiger partial charge in [0.15, 0.2) is 0 Å². The summed E-state index contributed by atoms with van der Waals surface area (Å²) in [6, 6.07) is 4.42. The summed E-state index contributed by atoms with van der Waals surface area (Å²) in [7, 11) is 0. The Bertz CT molecular complexity index is 924. The topological polar surface area (TPSA) is 85.6 Å². The number of aromatic nitrogens is 1. The molecular weight excluding hydrogens is 449 g/mol. The number of ether oxygens (including phenoxy) is 1. The number of carbonyl (C=O) groups excluding carboxylic acids is 1. The molecule has 1 aromatic carbocycles. The van der Waals surface area contributed by atoms with Gasteiger partial charge in [-0.15, -0.1) is 0 Å². The molecule has 6 nitrogen and oxygen atoms in total. The summed E-state index contributed by atoms with van der Waals surface area (Å²) >= 11 is 2.06. The number of carboxylic acid groups (broad SMARTS) is 1. The van der Waals surface area contributed by atoms with E-state index in [0.29, 0.717) is 5.52 Å². The standard InChI is InChI=1S/C19H22INO5/c1-10(2)15(18(25)26-19(3,4)5)21-9-13(17(23)24)16(22)12-8-11(20)6-7-14(12)21/h6-10,15H,1-5H3,(H,23,24). The van der Waals surface area contributed by atoms with Gasteiger partial charge in [-0.1, -0.05) is 13.8 Å². The molecule has 2 rings (SSSR count). The lowest BCUT2D eigenvalue weighted by Gasteiger charge is -2.29. The number of fused-ring (bicyclic) bond motifs is 1. The van der Waals surface area contributed by atoms with Crippen LogP contribution in [0.5, 0.6) is 0 Å². The SMILES string of the molecule is CC(C)C(C(=O)OC(C)(C)C)n1cc(C(=O)O)c(=O)c2cc(I)ccc21. The quantitative estimate of drug-likeness (QED) is 0.541. The lowest BCUT2D eigenvalue weighted by molar-refractivity contribution is -0.160. The van der Waals surface area contributed by atoms with Crippen molar-refractivity contribution in [3.63, 3.8) is 0 Å². The van der Waals surface area contributed by atoms with Crippen LogP contribution in [0.4, 0.5) is 0 Å². The molecule has 0 aliphatic carbocycles. The third-order valence-electron chi connectivity index (χ3n) is 3.80. The summed E-state index contributed by atoms with van der Waals surface area (Å²) in [5.41, 5.74) is -1.10. The Hall–Kier alpha value is -1.90. The minimum Gasteiger partial charge on any atom is -0.477 e. The number of nitrogens with zero attached hydrogens (tertiary/aromatic N) is 1. The zero-order valence-corrected chi connectivity index (χ0v) is 17.5. The molecule has 1 N–H and O–H groups in total. The van der Waals surface area contributed by atoms with Crippen molar-refractivity contribution in [2.24, 2.45) is 5.92 Å². The Balaban J connectivity index is 2.80. The molecule has 140 valence electrons. The fourth-order valence-electron chi connectivity index (χ4n) is 2.78. The molecule has 1 unspecified atom stereocenters. The molecule has 0 saturated heterocycles. The molecule has 0 aliphatic rings. The second-order valence-electron chi connectivity index (χ2n) is 7.47. The Morgan fingerprint density at radius 1 is 1.23 bits per heavy atom. The van der Waals surface area contributed by atoms with Gasteiger partial charge in [0.1, 0.15) is 17.2 Å². The third kappa shape index (κ3) is 4.25. The smallest absolute Gasteiger partial charge is 0.341 e. The molecule has 1 atom stereocenters. The second-order valence-corrected chi connectivity index (χ2v) is 8.71. The van der Waals surface area contributed by atoms with Crippen molar-refractivity contribution in [2.75, 3.05) is 0 Å². The molecule has 7 heteroatoms. The van der Waals surface area contributed by atoms with Gasteiger partial charge in [-0.25, -0.2) is 9.59 Å². The van der Waals surface area contributed by atoms with Gasteiger partial charge in [-0.2, -0.15) is 0 Å². The molecule has 0 fully saturated rings. The number of aromatic carboxylic acids is 1. The summed E-state index contributed by atoms with van der Waals surface area (Å²) in [4.78, 5) is 36.9. The Morgan fingerprint density at radius 3 is 2.35 bits per heavy atom. The highest BCUT2D eigenvalue weighted by Crippen LogP contribution is 2.27. The zero-order valence-electron chi connectivity index (χ0n) is 15.4. The van der Waals surface area contributed by atoms with Gasteiger partial charge in [0.2, 0.25) is 5.43 Å². The van der Waals surface area contributed by atoms with E-state index in [2.05, 4.69) is 22.6 Å². The van der Waals surface area contributed by atoms with Gasteiger partial charge in [0, 0.05) is 15.2 Å². The maximum Gasteiger partial charge on any atom is 0.341 e. The number of hydrogen-bond acceptors (Lipinski definition) is 4. The number of hydrogen-bond donors (Lipinski definition) is 1. The largest absolute Gasteiger partial charge is 0.477 e.